The van der Waals surface area contributed by atoms with Crippen LogP contribution in [0.3, 0.4) is 0 Å². The molecule has 0 saturated heterocycles. The second-order valence-corrected chi connectivity index (χ2v) is 9.92. The Balaban J connectivity index is 1.56. The van der Waals surface area contributed by atoms with Crippen molar-refractivity contribution >= 4 is 32.9 Å². The van der Waals surface area contributed by atoms with E-state index in [1.807, 2.05) is 37.3 Å². The Kier molecular flexibility index (Phi) is 5.15. The number of oxazole rings is 1. The van der Waals surface area contributed by atoms with Crippen LogP contribution in [0.1, 0.15) is 18.1 Å². The third-order valence-electron chi connectivity index (χ3n) is 4.22. The summed E-state index contributed by atoms with van der Waals surface area (Å²) in [7, 11) is -0.566. The van der Waals surface area contributed by atoms with Crippen molar-refractivity contribution < 1.29 is 17.4 Å². The number of benzene rings is 2. The molecule has 0 aliphatic carbocycles. The standard InChI is InChI=1S/C19H18N4O4S2/c1-12(18-21-17(22-27-18)13-7-5-4-6-8-13)28-19-20-15-11-14(9-10-16(15)26-19)29(24,25)23(2)3/h4-12H,1-3H3. The molecule has 29 heavy (non-hydrogen) atoms. The lowest BCUT2D eigenvalue weighted by Crippen LogP contribution is -2.22. The number of fused-ring (bicyclic) bond motifs is 1. The summed E-state index contributed by atoms with van der Waals surface area (Å²) < 4.78 is 36.9. The predicted molar refractivity (Wildman–Crippen MR) is 109 cm³/mol. The normalized spacial score (nSPS) is 13.2. The van der Waals surface area contributed by atoms with Crippen molar-refractivity contribution in [1.29, 1.82) is 0 Å². The molecular weight excluding hydrogens is 412 g/mol. The SMILES string of the molecule is CC(Sc1nc2cc(S(=O)(=O)N(C)C)ccc2o1)c1nc(-c2ccccc2)no1. The molecule has 2 heterocycles. The van der Waals surface area contributed by atoms with Gasteiger partial charge in [-0.3, -0.25) is 0 Å². The molecule has 2 aromatic carbocycles. The maximum atomic E-state index is 12.3. The first-order valence-electron chi connectivity index (χ1n) is 8.73. The van der Waals surface area contributed by atoms with Gasteiger partial charge in [-0.2, -0.15) is 4.98 Å². The van der Waals surface area contributed by atoms with Gasteiger partial charge in [-0.05, 0) is 25.1 Å². The van der Waals surface area contributed by atoms with E-state index in [9.17, 15) is 8.42 Å². The van der Waals surface area contributed by atoms with Crippen LogP contribution in [-0.2, 0) is 10.0 Å². The van der Waals surface area contributed by atoms with Gasteiger partial charge in [-0.25, -0.2) is 17.7 Å². The molecule has 0 spiro atoms. The minimum absolute atomic E-state index is 0.164. The van der Waals surface area contributed by atoms with E-state index in [0.717, 1.165) is 9.87 Å². The quantitative estimate of drug-likeness (QED) is 0.423. The summed E-state index contributed by atoms with van der Waals surface area (Å²) in [6, 6.07) is 14.2. The van der Waals surface area contributed by atoms with Crippen molar-refractivity contribution in [1.82, 2.24) is 19.4 Å². The first kappa shape index (κ1) is 19.6. The largest absolute Gasteiger partial charge is 0.431 e. The molecule has 2 aromatic heterocycles. The topological polar surface area (TPSA) is 102 Å². The fourth-order valence-corrected chi connectivity index (χ4v) is 4.32. The Morgan fingerprint density at radius 2 is 1.83 bits per heavy atom. The number of nitrogens with zero attached hydrogens (tertiary/aromatic N) is 4. The van der Waals surface area contributed by atoms with Gasteiger partial charge >= 0.3 is 0 Å². The molecule has 8 nitrogen and oxygen atoms in total. The van der Waals surface area contributed by atoms with Gasteiger partial charge in [0.1, 0.15) is 5.52 Å². The van der Waals surface area contributed by atoms with Gasteiger partial charge in [0.15, 0.2) is 5.58 Å². The Labute approximate surface area is 172 Å². The number of sulfonamides is 1. The second-order valence-electron chi connectivity index (χ2n) is 6.48. The van der Waals surface area contributed by atoms with E-state index in [4.69, 9.17) is 8.94 Å². The van der Waals surface area contributed by atoms with Crippen LogP contribution in [0.25, 0.3) is 22.5 Å². The van der Waals surface area contributed by atoms with Crippen LogP contribution in [0, 0.1) is 0 Å². The lowest BCUT2D eigenvalue weighted by atomic mass is 10.2. The molecule has 4 rings (SSSR count). The third kappa shape index (κ3) is 3.91. The molecule has 150 valence electrons. The molecule has 0 fully saturated rings. The van der Waals surface area contributed by atoms with Crippen molar-refractivity contribution in [2.45, 2.75) is 22.3 Å². The molecule has 0 bridgehead atoms. The van der Waals surface area contributed by atoms with Gasteiger partial charge in [-0.1, -0.05) is 47.3 Å². The summed E-state index contributed by atoms with van der Waals surface area (Å²) in [6.45, 7) is 1.91. The fraction of sp³-hybridized carbons (Fsp3) is 0.211. The zero-order chi connectivity index (χ0) is 20.6. The maximum Gasteiger partial charge on any atom is 0.257 e. The third-order valence-corrected chi connectivity index (χ3v) is 6.96. The summed E-state index contributed by atoms with van der Waals surface area (Å²) in [5.41, 5.74) is 1.85. The summed E-state index contributed by atoms with van der Waals surface area (Å²) >= 11 is 1.32. The molecule has 1 unspecified atom stereocenters. The summed E-state index contributed by atoms with van der Waals surface area (Å²) in [6.07, 6.45) is 0. The Morgan fingerprint density at radius 1 is 1.07 bits per heavy atom. The molecular formula is C19H18N4O4S2. The van der Waals surface area contributed by atoms with Crippen molar-refractivity contribution in [3.05, 3.63) is 54.4 Å². The number of thioether (sulfide) groups is 1. The van der Waals surface area contributed by atoms with Gasteiger partial charge in [0.05, 0.1) is 10.1 Å². The van der Waals surface area contributed by atoms with E-state index < -0.39 is 10.0 Å². The molecule has 1 atom stereocenters. The van der Waals surface area contributed by atoms with E-state index in [1.54, 1.807) is 6.07 Å². The van der Waals surface area contributed by atoms with Crippen LogP contribution in [-0.4, -0.2) is 41.9 Å². The monoisotopic (exact) mass is 430 g/mol. The highest BCUT2D eigenvalue weighted by Gasteiger charge is 2.21. The smallest absolute Gasteiger partial charge is 0.257 e. The van der Waals surface area contributed by atoms with Crippen molar-refractivity contribution in [2.75, 3.05) is 14.1 Å². The highest BCUT2D eigenvalue weighted by molar-refractivity contribution is 7.99. The Bertz CT molecular complexity index is 1250. The second kappa shape index (κ2) is 7.62. The van der Waals surface area contributed by atoms with Crippen LogP contribution in [0.4, 0.5) is 0 Å². The van der Waals surface area contributed by atoms with Crippen LogP contribution in [0.5, 0.6) is 0 Å². The number of hydrogen-bond donors (Lipinski definition) is 0. The number of aromatic nitrogens is 3. The van der Waals surface area contributed by atoms with Crippen LogP contribution >= 0.6 is 11.8 Å². The lowest BCUT2D eigenvalue weighted by molar-refractivity contribution is 0.380. The number of hydrogen-bond acceptors (Lipinski definition) is 8. The van der Waals surface area contributed by atoms with Crippen molar-refractivity contribution in [3.63, 3.8) is 0 Å². The molecule has 0 radical (unpaired) electrons. The van der Waals surface area contributed by atoms with Gasteiger partial charge in [0.25, 0.3) is 5.22 Å². The van der Waals surface area contributed by atoms with E-state index in [0.29, 0.717) is 28.0 Å². The predicted octanol–water partition coefficient (Wildman–Crippen LogP) is 3.98. The van der Waals surface area contributed by atoms with Gasteiger partial charge in [0.2, 0.25) is 21.7 Å². The van der Waals surface area contributed by atoms with Gasteiger partial charge in [-0.15, -0.1) is 0 Å². The first-order valence-corrected chi connectivity index (χ1v) is 11.1. The highest BCUT2D eigenvalue weighted by Crippen LogP contribution is 2.36. The van der Waals surface area contributed by atoms with E-state index in [-0.39, 0.29) is 10.1 Å². The van der Waals surface area contributed by atoms with Gasteiger partial charge in [0, 0.05) is 19.7 Å². The van der Waals surface area contributed by atoms with Crippen molar-refractivity contribution in [3.8, 4) is 11.4 Å². The fourth-order valence-electron chi connectivity index (χ4n) is 2.61. The average molecular weight is 431 g/mol. The summed E-state index contributed by atoms with van der Waals surface area (Å²) in [5, 5.41) is 4.22. The molecule has 4 aromatic rings. The average Bonchev–Trinajstić information content (AvgIpc) is 3.34. The minimum atomic E-state index is -3.54. The maximum absolute atomic E-state index is 12.3. The Hall–Kier alpha value is -2.69. The molecule has 10 heteroatoms. The van der Waals surface area contributed by atoms with E-state index in [2.05, 4.69) is 15.1 Å². The Morgan fingerprint density at radius 3 is 2.55 bits per heavy atom. The van der Waals surface area contributed by atoms with Crippen LogP contribution in [0.15, 0.2) is 67.6 Å². The van der Waals surface area contributed by atoms with E-state index in [1.165, 1.54) is 38.0 Å². The van der Waals surface area contributed by atoms with Crippen LogP contribution < -0.4 is 0 Å². The number of rotatable bonds is 6. The lowest BCUT2D eigenvalue weighted by Gasteiger charge is -2.10. The van der Waals surface area contributed by atoms with Crippen molar-refractivity contribution in [2.24, 2.45) is 0 Å². The minimum Gasteiger partial charge on any atom is -0.431 e. The van der Waals surface area contributed by atoms with Gasteiger partial charge < -0.3 is 8.94 Å². The van der Waals surface area contributed by atoms with Crippen LogP contribution in [0.2, 0.25) is 0 Å². The highest BCUT2D eigenvalue weighted by atomic mass is 32.2. The molecule has 0 N–H and O–H groups in total. The molecule has 0 saturated carbocycles. The van der Waals surface area contributed by atoms with E-state index >= 15 is 0 Å². The zero-order valence-electron chi connectivity index (χ0n) is 15.9. The summed E-state index contributed by atoms with van der Waals surface area (Å²) in [5.74, 6) is 0.969. The molecule has 0 aliphatic rings. The zero-order valence-corrected chi connectivity index (χ0v) is 17.6. The summed E-state index contributed by atoms with van der Waals surface area (Å²) in [4.78, 5) is 9.01. The first-order chi connectivity index (χ1) is 13.8. The molecule has 0 aliphatic heterocycles. The molecule has 0 amide bonds.